The van der Waals surface area contributed by atoms with Crippen LogP contribution < -0.4 is 5.32 Å². The van der Waals surface area contributed by atoms with Gasteiger partial charge in [0.05, 0.1) is 17.7 Å². The van der Waals surface area contributed by atoms with Crippen molar-refractivity contribution in [1.82, 2.24) is 10.1 Å². The number of fused-ring (bicyclic) bond motifs is 1. The van der Waals surface area contributed by atoms with Crippen LogP contribution in [0.1, 0.15) is 25.0 Å². The Bertz CT molecular complexity index is 576. The lowest BCUT2D eigenvalue weighted by Crippen LogP contribution is -2.37. The Morgan fingerprint density at radius 3 is 2.95 bits per heavy atom. The van der Waals surface area contributed by atoms with Crippen molar-refractivity contribution in [3.8, 4) is 0 Å². The summed E-state index contributed by atoms with van der Waals surface area (Å²) in [4.78, 5) is 25.5. The molecule has 22 heavy (non-hydrogen) atoms. The summed E-state index contributed by atoms with van der Waals surface area (Å²) in [7, 11) is 0. The van der Waals surface area contributed by atoms with Gasteiger partial charge in [-0.1, -0.05) is 11.6 Å². The summed E-state index contributed by atoms with van der Waals surface area (Å²) in [6.45, 7) is 3.09. The van der Waals surface area contributed by atoms with Crippen molar-refractivity contribution in [3.63, 3.8) is 0 Å². The van der Waals surface area contributed by atoms with Crippen molar-refractivity contribution in [2.45, 2.75) is 26.2 Å². The zero-order valence-corrected chi connectivity index (χ0v) is 13.2. The molecule has 3 rings (SSSR count). The fourth-order valence-corrected chi connectivity index (χ4v) is 3.67. The third-order valence-corrected chi connectivity index (χ3v) is 4.63. The minimum Gasteiger partial charge on any atom is -0.481 e. The minimum absolute atomic E-state index is 0. The lowest BCUT2D eigenvalue weighted by atomic mass is 9.81. The quantitative estimate of drug-likeness (QED) is 0.869. The standard InChI is InChI=1S/C14H19N3O4.ClH/c1-9-5-12(21-16-9)15-11(18)7-17-6-10-3-2-4-14(10,8-17)13(19)20;/h5,10H,2-4,6-8H2,1H3,(H,15,18)(H,19,20);1H/t10-,14+;/m0./s1. The number of nitrogens with one attached hydrogen (secondary N) is 1. The Morgan fingerprint density at radius 1 is 1.59 bits per heavy atom. The van der Waals surface area contributed by atoms with Crippen molar-refractivity contribution < 1.29 is 19.2 Å². The average molecular weight is 330 g/mol. The number of carbonyl (C=O) groups excluding carboxylic acids is 1. The van der Waals surface area contributed by atoms with E-state index in [1.165, 1.54) is 0 Å². The zero-order valence-electron chi connectivity index (χ0n) is 12.4. The third kappa shape index (κ3) is 2.96. The van der Waals surface area contributed by atoms with Gasteiger partial charge in [-0.05, 0) is 25.7 Å². The number of aliphatic carboxylic acids is 1. The highest BCUT2D eigenvalue weighted by Gasteiger charge is 2.54. The van der Waals surface area contributed by atoms with Gasteiger partial charge in [-0.15, -0.1) is 12.4 Å². The first-order valence-electron chi connectivity index (χ1n) is 7.18. The molecule has 0 radical (unpaired) electrons. The number of hydrogen-bond donors (Lipinski definition) is 2. The molecule has 7 nitrogen and oxygen atoms in total. The molecule has 1 aliphatic carbocycles. The molecule has 8 heteroatoms. The van der Waals surface area contributed by atoms with Gasteiger partial charge in [0.2, 0.25) is 11.8 Å². The number of aromatic nitrogens is 1. The second kappa shape index (κ2) is 6.26. The third-order valence-electron chi connectivity index (χ3n) is 4.63. The second-order valence-electron chi connectivity index (χ2n) is 6.10. The number of hydrogen-bond acceptors (Lipinski definition) is 5. The number of anilines is 1. The highest BCUT2D eigenvalue weighted by molar-refractivity contribution is 5.91. The number of nitrogens with zero attached hydrogens (tertiary/aromatic N) is 2. The van der Waals surface area contributed by atoms with E-state index in [2.05, 4.69) is 10.5 Å². The van der Waals surface area contributed by atoms with E-state index in [0.717, 1.165) is 12.8 Å². The highest BCUT2D eigenvalue weighted by Crippen LogP contribution is 2.48. The van der Waals surface area contributed by atoms with E-state index >= 15 is 0 Å². The summed E-state index contributed by atoms with van der Waals surface area (Å²) < 4.78 is 4.94. The first kappa shape index (κ1) is 16.8. The fraction of sp³-hybridized carbons (Fsp3) is 0.643. The van der Waals surface area contributed by atoms with Crippen LogP contribution in [0.3, 0.4) is 0 Å². The molecule has 0 spiro atoms. The molecule has 2 aliphatic rings. The fourth-order valence-electron chi connectivity index (χ4n) is 3.67. The largest absolute Gasteiger partial charge is 0.481 e. The Kier molecular flexibility index (Phi) is 4.77. The van der Waals surface area contributed by atoms with Crippen LogP contribution in [-0.4, -0.2) is 46.7 Å². The molecule has 1 aliphatic heterocycles. The van der Waals surface area contributed by atoms with Crippen molar-refractivity contribution in [2.24, 2.45) is 11.3 Å². The van der Waals surface area contributed by atoms with E-state index in [-0.39, 0.29) is 30.8 Å². The van der Waals surface area contributed by atoms with Crippen molar-refractivity contribution >= 4 is 30.2 Å². The zero-order chi connectivity index (χ0) is 15.0. The summed E-state index contributed by atoms with van der Waals surface area (Å²) in [5, 5.41) is 15.9. The molecule has 0 unspecified atom stereocenters. The molecule has 1 amide bonds. The summed E-state index contributed by atoms with van der Waals surface area (Å²) in [6.07, 6.45) is 2.62. The van der Waals surface area contributed by atoms with Gasteiger partial charge in [0.25, 0.3) is 0 Å². The molecule has 2 fully saturated rings. The molecule has 1 saturated carbocycles. The highest BCUT2D eigenvalue weighted by atomic mass is 35.5. The van der Waals surface area contributed by atoms with Crippen LogP contribution in [0, 0.1) is 18.3 Å². The van der Waals surface area contributed by atoms with Gasteiger partial charge in [0.15, 0.2) is 0 Å². The van der Waals surface area contributed by atoms with Crippen LogP contribution in [0.15, 0.2) is 10.6 Å². The van der Waals surface area contributed by atoms with E-state index in [1.807, 2.05) is 4.90 Å². The normalized spacial score (nSPS) is 27.2. The topological polar surface area (TPSA) is 95.7 Å². The molecular weight excluding hydrogens is 310 g/mol. The van der Waals surface area contributed by atoms with Crippen LogP contribution in [0.2, 0.25) is 0 Å². The van der Waals surface area contributed by atoms with Crippen LogP contribution in [0.25, 0.3) is 0 Å². The number of carbonyl (C=O) groups is 2. The maximum atomic E-state index is 12.0. The van der Waals surface area contributed by atoms with Gasteiger partial charge in [0, 0.05) is 19.2 Å². The minimum atomic E-state index is -0.723. The van der Waals surface area contributed by atoms with Gasteiger partial charge in [-0.2, -0.15) is 0 Å². The molecule has 122 valence electrons. The van der Waals surface area contributed by atoms with Crippen LogP contribution in [-0.2, 0) is 9.59 Å². The Morgan fingerprint density at radius 2 is 2.36 bits per heavy atom. The Labute approximate surface area is 134 Å². The molecule has 2 heterocycles. The van der Waals surface area contributed by atoms with Gasteiger partial charge < -0.3 is 9.63 Å². The lowest BCUT2D eigenvalue weighted by molar-refractivity contribution is -0.149. The molecule has 0 aromatic carbocycles. The molecular formula is C14H20ClN3O4. The van der Waals surface area contributed by atoms with E-state index in [4.69, 9.17) is 4.52 Å². The monoisotopic (exact) mass is 329 g/mol. The van der Waals surface area contributed by atoms with Crippen molar-refractivity contribution in [3.05, 3.63) is 11.8 Å². The maximum Gasteiger partial charge on any atom is 0.311 e. The average Bonchev–Trinajstić information content (AvgIpc) is 3.03. The number of amides is 1. The van der Waals surface area contributed by atoms with Crippen LogP contribution in [0.5, 0.6) is 0 Å². The molecule has 1 aromatic rings. The molecule has 1 aromatic heterocycles. The smallest absolute Gasteiger partial charge is 0.311 e. The molecule has 0 bridgehead atoms. The second-order valence-corrected chi connectivity index (χ2v) is 6.10. The van der Waals surface area contributed by atoms with Gasteiger partial charge in [-0.3, -0.25) is 19.8 Å². The van der Waals surface area contributed by atoms with E-state index in [1.54, 1.807) is 13.0 Å². The number of rotatable bonds is 4. The van der Waals surface area contributed by atoms with Crippen molar-refractivity contribution in [2.75, 3.05) is 25.0 Å². The Hall–Kier alpha value is -1.60. The van der Waals surface area contributed by atoms with Gasteiger partial charge in [-0.25, -0.2) is 0 Å². The number of halogens is 1. The SMILES string of the molecule is Cc1cc(NC(=O)CN2C[C@@H]3CCC[C@@]3(C(=O)O)C2)on1.Cl. The van der Waals surface area contributed by atoms with Crippen molar-refractivity contribution in [1.29, 1.82) is 0 Å². The predicted octanol–water partition coefficient (Wildman–Crippen LogP) is 1.53. The predicted molar refractivity (Wildman–Crippen MR) is 81.0 cm³/mol. The lowest BCUT2D eigenvalue weighted by Gasteiger charge is -2.23. The maximum absolute atomic E-state index is 12.0. The van der Waals surface area contributed by atoms with E-state index < -0.39 is 11.4 Å². The van der Waals surface area contributed by atoms with E-state index in [0.29, 0.717) is 31.1 Å². The summed E-state index contributed by atoms with van der Waals surface area (Å²) >= 11 is 0. The summed E-state index contributed by atoms with van der Waals surface area (Å²) in [6, 6.07) is 1.65. The first-order chi connectivity index (χ1) is 9.99. The van der Waals surface area contributed by atoms with Gasteiger partial charge in [0.1, 0.15) is 0 Å². The van der Waals surface area contributed by atoms with E-state index in [9.17, 15) is 14.7 Å². The summed E-state index contributed by atoms with van der Waals surface area (Å²) in [5.74, 6) is -0.439. The number of carboxylic acid groups (broad SMARTS) is 1. The molecule has 2 atom stereocenters. The number of aryl methyl sites for hydroxylation is 1. The van der Waals surface area contributed by atoms with Crippen LogP contribution in [0.4, 0.5) is 5.88 Å². The number of likely N-dealkylation sites (tertiary alicyclic amines) is 1. The van der Waals surface area contributed by atoms with Crippen LogP contribution >= 0.6 is 12.4 Å². The molecule has 2 N–H and O–H groups in total. The number of carboxylic acids is 1. The first-order valence-corrected chi connectivity index (χ1v) is 7.18. The Balaban J connectivity index is 0.00000176. The molecule has 1 saturated heterocycles. The van der Waals surface area contributed by atoms with Gasteiger partial charge >= 0.3 is 5.97 Å². The summed E-state index contributed by atoms with van der Waals surface area (Å²) in [5.41, 5.74) is 0.0502.